The summed E-state index contributed by atoms with van der Waals surface area (Å²) in [5, 5.41) is 5.76. The smallest absolute Gasteiger partial charge is 0.258 e. The lowest BCUT2D eigenvalue weighted by molar-refractivity contribution is -0.123. The molecule has 0 aromatic heterocycles. The Bertz CT molecular complexity index is 469. The van der Waals surface area contributed by atoms with Crippen LogP contribution in [0, 0.1) is 0 Å². The Morgan fingerprint density at radius 3 is 2.71 bits per heavy atom. The first-order valence-electron chi connectivity index (χ1n) is 6.51. The topological polar surface area (TPSA) is 68.8 Å². The minimum Gasteiger partial charge on any atom is -0.493 e. The number of hydrogen-bond donors (Lipinski definition) is 2. The molecule has 1 aromatic rings. The molecule has 0 aliphatic heterocycles. The van der Waals surface area contributed by atoms with Gasteiger partial charge >= 0.3 is 0 Å². The van der Waals surface area contributed by atoms with E-state index in [-0.39, 0.29) is 12.5 Å². The van der Waals surface area contributed by atoms with Gasteiger partial charge in [0, 0.05) is 20.2 Å². The molecule has 0 bridgehead atoms. The summed E-state index contributed by atoms with van der Waals surface area (Å²) in [6.07, 6.45) is 0. The molecule has 2 N–H and O–H groups in total. The van der Waals surface area contributed by atoms with E-state index in [0.29, 0.717) is 31.2 Å². The van der Waals surface area contributed by atoms with Crippen molar-refractivity contribution in [2.24, 2.45) is 0 Å². The van der Waals surface area contributed by atoms with Crippen molar-refractivity contribution >= 4 is 21.8 Å². The fourth-order valence-corrected chi connectivity index (χ4v) is 2.30. The van der Waals surface area contributed by atoms with Crippen LogP contribution in [-0.2, 0) is 16.1 Å². The first-order chi connectivity index (χ1) is 10.1. The van der Waals surface area contributed by atoms with Gasteiger partial charge in [0.25, 0.3) is 5.91 Å². The second-order valence-corrected chi connectivity index (χ2v) is 5.13. The lowest BCUT2D eigenvalue weighted by atomic mass is 10.2. The Hall–Kier alpha value is -1.31. The summed E-state index contributed by atoms with van der Waals surface area (Å²) >= 11 is 3.44. The van der Waals surface area contributed by atoms with Gasteiger partial charge in [0.2, 0.25) is 0 Å². The van der Waals surface area contributed by atoms with E-state index in [9.17, 15) is 4.79 Å². The van der Waals surface area contributed by atoms with Gasteiger partial charge < -0.3 is 24.8 Å². The van der Waals surface area contributed by atoms with Crippen molar-refractivity contribution in [1.82, 2.24) is 10.6 Å². The third-order valence-electron chi connectivity index (χ3n) is 2.65. The van der Waals surface area contributed by atoms with Gasteiger partial charge in [-0.2, -0.15) is 0 Å². The van der Waals surface area contributed by atoms with Gasteiger partial charge in [-0.3, -0.25) is 4.79 Å². The molecule has 118 valence electrons. The number of hydrogen-bond acceptors (Lipinski definition) is 5. The average molecular weight is 361 g/mol. The highest BCUT2D eigenvalue weighted by Crippen LogP contribution is 2.36. The van der Waals surface area contributed by atoms with Crippen molar-refractivity contribution in [2.75, 3.05) is 41.0 Å². The fraction of sp³-hybridized carbons (Fsp3) is 0.500. The molecule has 0 unspecified atom stereocenters. The predicted octanol–water partition coefficient (Wildman–Crippen LogP) is 1.32. The summed E-state index contributed by atoms with van der Waals surface area (Å²) in [6, 6.07) is 3.80. The molecule has 0 fully saturated rings. The van der Waals surface area contributed by atoms with E-state index in [0.717, 1.165) is 10.0 Å². The number of amides is 1. The van der Waals surface area contributed by atoms with Gasteiger partial charge in [-0.05, 0) is 40.7 Å². The van der Waals surface area contributed by atoms with Crippen molar-refractivity contribution in [1.29, 1.82) is 0 Å². The average Bonchev–Trinajstić information content (AvgIpc) is 2.46. The molecule has 0 aliphatic rings. The van der Waals surface area contributed by atoms with E-state index >= 15 is 0 Å². The standard InChI is InChI=1S/C14H21BrN2O4/c1-16-8-10-6-11(15)14(12(7-10)20-3)21-9-13(18)17-4-5-19-2/h6-7,16H,4-5,8-9H2,1-3H3,(H,17,18). The first kappa shape index (κ1) is 17.7. The zero-order valence-electron chi connectivity index (χ0n) is 12.5. The summed E-state index contributed by atoms with van der Waals surface area (Å²) in [4.78, 5) is 11.6. The molecule has 0 saturated carbocycles. The SMILES string of the molecule is CNCc1cc(Br)c(OCC(=O)NCCOC)c(OC)c1. The third kappa shape index (κ3) is 5.91. The highest BCUT2D eigenvalue weighted by atomic mass is 79.9. The van der Waals surface area contributed by atoms with Gasteiger partial charge in [-0.1, -0.05) is 0 Å². The van der Waals surface area contributed by atoms with Gasteiger partial charge in [0.15, 0.2) is 18.1 Å². The molecule has 0 spiro atoms. The van der Waals surface area contributed by atoms with E-state index in [4.69, 9.17) is 14.2 Å². The lowest BCUT2D eigenvalue weighted by Crippen LogP contribution is -2.31. The van der Waals surface area contributed by atoms with Crippen molar-refractivity contribution < 1.29 is 19.0 Å². The van der Waals surface area contributed by atoms with Crippen LogP contribution >= 0.6 is 15.9 Å². The quantitative estimate of drug-likeness (QED) is 0.650. The Morgan fingerprint density at radius 2 is 2.10 bits per heavy atom. The van der Waals surface area contributed by atoms with E-state index < -0.39 is 0 Å². The number of halogens is 1. The molecule has 0 radical (unpaired) electrons. The van der Waals surface area contributed by atoms with Crippen LogP contribution in [-0.4, -0.2) is 46.9 Å². The summed E-state index contributed by atoms with van der Waals surface area (Å²) in [6.45, 7) is 1.56. The van der Waals surface area contributed by atoms with Crippen LogP contribution in [0.2, 0.25) is 0 Å². The maximum absolute atomic E-state index is 11.6. The number of carbonyl (C=O) groups excluding carboxylic acids is 1. The minimum absolute atomic E-state index is 0.0793. The van der Waals surface area contributed by atoms with E-state index in [1.165, 1.54) is 0 Å². The maximum atomic E-state index is 11.6. The normalized spacial score (nSPS) is 10.3. The minimum atomic E-state index is -0.208. The number of nitrogens with one attached hydrogen (secondary N) is 2. The van der Waals surface area contributed by atoms with E-state index in [1.54, 1.807) is 14.2 Å². The molecule has 0 atom stereocenters. The Morgan fingerprint density at radius 1 is 1.33 bits per heavy atom. The van der Waals surface area contributed by atoms with Gasteiger partial charge in [-0.15, -0.1) is 0 Å². The van der Waals surface area contributed by atoms with Gasteiger partial charge in [-0.25, -0.2) is 0 Å². The van der Waals surface area contributed by atoms with Crippen LogP contribution in [0.25, 0.3) is 0 Å². The highest BCUT2D eigenvalue weighted by Gasteiger charge is 2.13. The highest BCUT2D eigenvalue weighted by molar-refractivity contribution is 9.10. The first-order valence-corrected chi connectivity index (χ1v) is 7.31. The molecule has 21 heavy (non-hydrogen) atoms. The van der Waals surface area contributed by atoms with Gasteiger partial charge in [0.05, 0.1) is 18.2 Å². The molecular formula is C14H21BrN2O4. The van der Waals surface area contributed by atoms with Crippen LogP contribution in [0.5, 0.6) is 11.5 Å². The molecule has 1 aromatic carbocycles. The monoisotopic (exact) mass is 360 g/mol. The molecule has 0 saturated heterocycles. The predicted molar refractivity (Wildman–Crippen MR) is 83.8 cm³/mol. The molecule has 7 heteroatoms. The van der Waals surface area contributed by atoms with Crippen LogP contribution in [0.4, 0.5) is 0 Å². The maximum Gasteiger partial charge on any atom is 0.258 e. The van der Waals surface area contributed by atoms with Crippen molar-refractivity contribution in [3.05, 3.63) is 22.2 Å². The third-order valence-corrected chi connectivity index (χ3v) is 3.24. The molecule has 6 nitrogen and oxygen atoms in total. The lowest BCUT2D eigenvalue weighted by Gasteiger charge is -2.14. The van der Waals surface area contributed by atoms with Crippen LogP contribution < -0.4 is 20.1 Å². The van der Waals surface area contributed by atoms with Crippen LogP contribution in [0.15, 0.2) is 16.6 Å². The summed E-state index contributed by atoms with van der Waals surface area (Å²) in [5.74, 6) is 0.888. The number of benzene rings is 1. The van der Waals surface area contributed by atoms with Crippen LogP contribution in [0.1, 0.15) is 5.56 Å². The van der Waals surface area contributed by atoms with Crippen molar-refractivity contribution in [3.63, 3.8) is 0 Å². The van der Waals surface area contributed by atoms with Gasteiger partial charge in [0.1, 0.15) is 0 Å². The number of rotatable bonds is 9. The molecule has 1 rings (SSSR count). The second kappa shape index (κ2) is 9.59. The fourth-order valence-electron chi connectivity index (χ4n) is 1.70. The summed E-state index contributed by atoms with van der Waals surface area (Å²) in [5.41, 5.74) is 1.05. The summed E-state index contributed by atoms with van der Waals surface area (Å²) < 4.78 is 16.5. The molecule has 0 heterocycles. The summed E-state index contributed by atoms with van der Waals surface area (Å²) in [7, 11) is 5.02. The zero-order valence-corrected chi connectivity index (χ0v) is 14.1. The van der Waals surface area contributed by atoms with Crippen molar-refractivity contribution in [3.8, 4) is 11.5 Å². The Kier molecular flexibility index (Phi) is 8.11. The number of methoxy groups -OCH3 is 2. The molecular weight excluding hydrogens is 340 g/mol. The number of ether oxygens (including phenoxy) is 3. The Balaban J connectivity index is 2.67. The van der Waals surface area contributed by atoms with Crippen molar-refractivity contribution in [2.45, 2.75) is 6.54 Å². The molecule has 0 aliphatic carbocycles. The van der Waals surface area contributed by atoms with E-state index in [2.05, 4.69) is 26.6 Å². The largest absolute Gasteiger partial charge is 0.493 e. The molecule has 1 amide bonds. The zero-order chi connectivity index (χ0) is 15.7. The second-order valence-electron chi connectivity index (χ2n) is 4.27. The van der Waals surface area contributed by atoms with Crippen LogP contribution in [0.3, 0.4) is 0 Å². The van der Waals surface area contributed by atoms with E-state index in [1.807, 2.05) is 19.2 Å². The Labute approximate surface area is 133 Å². The number of carbonyl (C=O) groups is 1.